The predicted molar refractivity (Wildman–Crippen MR) is 140 cm³/mol. The molecule has 6 rings (SSSR count). The van der Waals surface area contributed by atoms with Crippen molar-refractivity contribution >= 4 is 56.6 Å². The number of nitrogens with zero attached hydrogens (tertiary/aromatic N) is 8. The number of hydrogen-bond acceptors (Lipinski definition) is 10. The lowest BCUT2D eigenvalue weighted by Gasteiger charge is -2.37. The second kappa shape index (κ2) is 9.21. The second-order valence-corrected chi connectivity index (χ2v) is 10.3. The van der Waals surface area contributed by atoms with Gasteiger partial charge in [0.05, 0.1) is 22.1 Å². The number of aromatic nitrogens is 6. The Morgan fingerprint density at radius 2 is 1.89 bits per heavy atom. The van der Waals surface area contributed by atoms with Crippen molar-refractivity contribution in [3.05, 3.63) is 34.6 Å². The zero-order valence-electron chi connectivity index (χ0n) is 19.5. The lowest BCUT2D eigenvalue weighted by Crippen LogP contribution is -2.44. The average molecular weight is 511 g/mol. The van der Waals surface area contributed by atoms with E-state index in [1.807, 2.05) is 24.4 Å². The molecule has 2 aliphatic rings. The van der Waals surface area contributed by atoms with Crippen molar-refractivity contribution in [2.75, 3.05) is 42.1 Å². The minimum Gasteiger partial charge on any atom is -0.368 e. The number of nitrogens with two attached hydrogens (primary N) is 1. The standard InChI is InChI=1S/C23H27ClN10S/c1-14-13-35-19-18(14)28-21(24)29-20(19)34-22(25)30-23(31-34)27-15-4-5-17(26-12-15)33-10-6-16(7-11-33)32-8-2-3-9-32/h4-5,12-13,16H,2-3,6-11H2,1H3,(H3,25,27,30,31). The van der Waals surface area contributed by atoms with Gasteiger partial charge in [0.1, 0.15) is 5.82 Å². The van der Waals surface area contributed by atoms with Gasteiger partial charge in [0, 0.05) is 19.1 Å². The first-order valence-corrected chi connectivity index (χ1v) is 13.2. The van der Waals surface area contributed by atoms with E-state index in [2.05, 4.69) is 40.2 Å². The summed E-state index contributed by atoms with van der Waals surface area (Å²) in [6.45, 7) is 6.60. The molecule has 0 atom stereocenters. The van der Waals surface area contributed by atoms with E-state index in [9.17, 15) is 0 Å². The van der Waals surface area contributed by atoms with Crippen molar-refractivity contribution in [1.82, 2.24) is 34.6 Å². The molecule has 0 saturated carbocycles. The van der Waals surface area contributed by atoms with E-state index < -0.39 is 0 Å². The summed E-state index contributed by atoms with van der Waals surface area (Å²) in [7, 11) is 0. The van der Waals surface area contributed by atoms with Crippen LogP contribution in [0.25, 0.3) is 16.0 Å². The molecule has 0 bridgehead atoms. The summed E-state index contributed by atoms with van der Waals surface area (Å²) in [6.07, 6.45) is 6.90. The maximum Gasteiger partial charge on any atom is 0.248 e. The number of pyridine rings is 1. The van der Waals surface area contributed by atoms with Crippen molar-refractivity contribution in [3.63, 3.8) is 0 Å². The monoisotopic (exact) mass is 510 g/mol. The molecule has 35 heavy (non-hydrogen) atoms. The Morgan fingerprint density at radius 3 is 2.63 bits per heavy atom. The molecule has 2 aliphatic heterocycles. The van der Waals surface area contributed by atoms with Crippen LogP contribution in [0, 0.1) is 6.92 Å². The number of piperidine rings is 1. The third-order valence-corrected chi connectivity index (χ3v) is 8.08. The van der Waals surface area contributed by atoms with Gasteiger partial charge in [-0.3, -0.25) is 0 Å². The quantitative estimate of drug-likeness (QED) is 0.384. The molecule has 4 aromatic rings. The highest BCUT2D eigenvalue weighted by atomic mass is 35.5. The van der Waals surface area contributed by atoms with Gasteiger partial charge in [-0.15, -0.1) is 16.4 Å². The Kier molecular flexibility index (Phi) is 5.91. The molecule has 2 fully saturated rings. The van der Waals surface area contributed by atoms with Gasteiger partial charge in [0.25, 0.3) is 0 Å². The van der Waals surface area contributed by atoms with Crippen LogP contribution in [-0.4, -0.2) is 66.8 Å². The summed E-state index contributed by atoms with van der Waals surface area (Å²) < 4.78 is 2.34. The molecule has 12 heteroatoms. The minimum absolute atomic E-state index is 0.141. The van der Waals surface area contributed by atoms with Crippen LogP contribution in [-0.2, 0) is 0 Å². The fourth-order valence-corrected chi connectivity index (χ4v) is 6.14. The molecule has 0 unspecified atom stereocenters. The third-order valence-electron chi connectivity index (χ3n) is 6.83. The Labute approximate surface area is 212 Å². The molecular weight excluding hydrogens is 484 g/mol. The number of halogens is 1. The maximum atomic E-state index is 6.18. The lowest BCUT2D eigenvalue weighted by molar-refractivity contribution is 0.207. The van der Waals surface area contributed by atoms with E-state index >= 15 is 0 Å². The number of nitrogens with one attached hydrogen (secondary N) is 1. The minimum atomic E-state index is 0.141. The Balaban J connectivity index is 1.15. The molecule has 0 aliphatic carbocycles. The molecule has 2 saturated heterocycles. The van der Waals surface area contributed by atoms with Gasteiger partial charge < -0.3 is 20.9 Å². The van der Waals surface area contributed by atoms with Crippen molar-refractivity contribution in [1.29, 1.82) is 0 Å². The first-order valence-electron chi connectivity index (χ1n) is 11.9. The topological polar surface area (TPSA) is 114 Å². The van der Waals surface area contributed by atoms with Gasteiger partial charge in [-0.2, -0.15) is 14.6 Å². The van der Waals surface area contributed by atoms with E-state index in [-0.39, 0.29) is 11.2 Å². The highest BCUT2D eigenvalue weighted by molar-refractivity contribution is 7.17. The van der Waals surface area contributed by atoms with Crippen LogP contribution in [0.3, 0.4) is 0 Å². The van der Waals surface area contributed by atoms with E-state index in [0.29, 0.717) is 11.8 Å². The van der Waals surface area contributed by atoms with Gasteiger partial charge in [-0.25, -0.2) is 9.97 Å². The Bertz CT molecular complexity index is 1340. The van der Waals surface area contributed by atoms with Crippen molar-refractivity contribution in [3.8, 4) is 5.82 Å². The van der Waals surface area contributed by atoms with Crippen molar-refractivity contribution in [2.24, 2.45) is 0 Å². The average Bonchev–Trinajstić information content (AvgIpc) is 3.61. The number of fused-ring (bicyclic) bond motifs is 1. The molecule has 182 valence electrons. The number of rotatable bonds is 5. The van der Waals surface area contributed by atoms with Crippen LogP contribution in [0.2, 0.25) is 5.28 Å². The summed E-state index contributed by atoms with van der Waals surface area (Å²) in [6, 6.07) is 4.76. The fraction of sp³-hybridized carbons (Fsp3) is 0.435. The predicted octanol–water partition coefficient (Wildman–Crippen LogP) is 4.02. The van der Waals surface area contributed by atoms with Crippen molar-refractivity contribution in [2.45, 2.75) is 38.6 Å². The van der Waals surface area contributed by atoms with Crippen LogP contribution in [0.15, 0.2) is 23.7 Å². The number of nitrogen functional groups attached to an aromatic ring is 1. The summed E-state index contributed by atoms with van der Waals surface area (Å²) >= 11 is 7.68. The normalized spacial score (nSPS) is 17.5. The van der Waals surface area contributed by atoms with Crippen LogP contribution in [0.4, 0.5) is 23.4 Å². The van der Waals surface area contributed by atoms with Crippen LogP contribution >= 0.6 is 22.9 Å². The highest BCUT2D eigenvalue weighted by Gasteiger charge is 2.27. The fourth-order valence-electron chi connectivity index (χ4n) is 5.01. The summed E-state index contributed by atoms with van der Waals surface area (Å²) in [5.41, 5.74) is 8.78. The zero-order valence-corrected chi connectivity index (χ0v) is 21.1. The van der Waals surface area contributed by atoms with Crippen LogP contribution in [0.5, 0.6) is 0 Å². The van der Waals surface area contributed by atoms with E-state index in [4.69, 9.17) is 17.3 Å². The van der Waals surface area contributed by atoms with E-state index in [1.54, 1.807) is 6.20 Å². The van der Waals surface area contributed by atoms with Gasteiger partial charge in [0.2, 0.25) is 17.2 Å². The molecule has 0 radical (unpaired) electrons. The third kappa shape index (κ3) is 4.39. The number of likely N-dealkylation sites (tertiary alicyclic amines) is 1. The number of hydrogen-bond donors (Lipinski definition) is 2. The van der Waals surface area contributed by atoms with E-state index in [1.165, 1.54) is 54.8 Å². The molecule has 0 aromatic carbocycles. The molecule has 3 N–H and O–H groups in total. The number of thiophene rings is 1. The second-order valence-electron chi connectivity index (χ2n) is 9.11. The Morgan fingerprint density at radius 1 is 1.09 bits per heavy atom. The van der Waals surface area contributed by atoms with E-state index in [0.717, 1.165) is 46.4 Å². The number of anilines is 4. The van der Waals surface area contributed by atoms with Crippen molar-refractivity contribution < 1.29 is 0 Å². The molecular formula is C23H27ClN10S. The van der Waals surface area contributed by atoms with Gasteiger partial charge in [-0.1, -0.05) is 0 Å². The van der Waals surface area contributed by atoms with Gasteiger partial charge in [0.15, 0.2) is 5.82 Å². The molecule has 6 heterocycles. The summed E-state index contributed by atoms with van der Waals surface area (Å²) in [5.74, 6) is 2.08. The van der Waals surface area contributed by atoms with Gasteiger partial charge in [-0.05, 0) is 80.4 Å². The molecule has 10 nitrogen and oxygen atoms in total. The first kappa shape index (κ1) is 22.4. The lowest BCUT2D eigenvalue weighted by atomic mass is 10.0. The van der Waals surface area contributed by atoms with Crippen LogP contribution in [0.1, 0.15) is 31.2 Å². The molecule has 0 spiro atoms. The molecule has 4 aromatic heterocycles. The Hall–Kier alpha value is -3.02. The first-order chi connectivity index (χ1) is 17.0. The number of aryl methyl sites for hydroxylation is 1. The zero-order chi connectivity index (χ0) is 23.9. The summed E-state index contributed by atoms with van der Waals surface area (Å²) in [4.78, 5) is 22.8. The van der Waals surface area contributed by atoms with Gasteiger partial charge >= 0.3 is 0 Å². The van der Waals surface area contributed by atoms with Crippen LogP contribution < -0.4 is 16.0 Å². The SMILES string of the molecule is Cc1csc2c(-n3nc(Nc4ccc(N5CCC(N6CCCC6)CC5)nc4)nc3N)nc(Cl)nc12. The maximum absolute atomic E-state index is 6.18. The summed E-state index contributed by atoms with van der Waals surface area (Å²) in [5, 5.41) is 9.86. The molecule has 0 amide bonds. The smallest absolute Gasteiger partial charge is 0.248 e. The highest BCUT2D eigenvalue weighted by Crippen LogP contribution is 2.31. The largest absolute Gasteiger partial charge is 0.368 e.